The van der Waals surface area contributed by atoms with Crippen molar-refractivity contribution < 1.29 is 37.5 Å². The number of furan rings is 1. The molecule has 1 N–H and O–H groups in total. The lowest BCUT2D eigenvalue weighted by molar-refractivity contribution is -0.119. The van der Waals surface area contributed by atoms with Crippen molar-refractivity contribution in [1.82, 2.24) is 4.98 Å². The Bertz CT molecular complexity index is 1280. The first-order valence-electron chi connectivity index (χ1n) is 9.97. The van der Waals surface area contributed by atoms with Crippen molar-refractivity contribution >= 4 is 40.4 Å². The minimum atomic E-state index is -0.832. The molecular formula is C23H21FN2O7. The number of pyridine rings is 1. The lowest BCUT2D eigenvalue weighted by atomic mass is 10.1. The van der Waals surface area contributed by atoms with Gasteiger partial charge in [0.15, 0.2) is 12.4 Å². The molecule has 0 bridgehead atoms. The fraction of sp³-hybridized carbons (Fsp3) is 0.261. The third kappa shape index (κ3) is 5.05. The Balaban J connectivity index is 1.75. The number of fused-ring (bicyclic) bond motifs is 1. The summed E-state index contributed by atoms with van der Waals surface area (Å²) in [5.41, 5.74) is 0.582. The highest BCUT2D eigenvalue weighted by molar-refractivity contribution is 6.11. The lowest BCUT2D eigenvalue weighted by Gasteiger charge is -2.09. The third-order valence-corrected chi connectivity index (χ3v) is 4.69. The SMILES string of the molecule is CCOC(=O)c1c(NC(=O)COC(=O)c2cc3ccc(F)cc3nc2C)oc(C)c1C(C)=O. The number of esters is 2. The van der Waals surface area contributed by atoms with Crippen LogP contribution in [-0.2, 0) is 14.3 Å². The van der Waals surface area contributed by atoms with E-state index in [1.165, 1.54) is 38.1 Å². The number of amides is 1. The molecule has 0 saturated heterocycles. The monoisotopic (exact) mass is 456 g/mol. The molecule has 0 atom stereocenters. The predicted molar refractivity (Wildman–Crippen MR) is 115 cm³/mol. The van der Waals surface area contributed by atoms with Crippen LogP contribution in [0.4, 0.5) is 10.3 Å². The molecule has 1 aromatic carbocycles. The number of carbonyl (C=O) groups excluding carboxylic acids is 4. The quantitative estimate of drug-likeness (QED) is 0.421. The van der Waals surface area contributed by atoms with Crippen molar-refractivity contribution in [3.05, 3.63) is 58.2 Å². The summed E-state index contributed by atoms with van der Waals surface area (Å²) in [5.74, 6) is -3.48. The van der Waals surface area contributed by atoms with Crippen LogP contribution in [0.2, 0.25) is 0 Å². The maximum absolute atomic E-state index is 13.4. The van der Waals surface area contributed by atoms with Crippen molar-refractivity contribution in [2.24, 2.45) is 0 Å². The molecule has 10 heteroatoms. The van der Waals surface area contributed by atoms with E-state index in [2.05, 4.69) is 10.3 Å². The highest BCUT2D eigenvalue weighted by atomic mass is 19.1. The van der Waals surface area contributed by atoms with Gasteiger partial charge >= 0.3 is 11.9 Å². The molecule has 3 rings (SSSR count). The molecule has 33 heavy (non-hydrogen) atoms. The summed E-state index contributed by atoms with van der Waals surface area (Å²) in [7, 11) is 0. The smallest absolute Gasteiger partial charge is 0.344 e. The first-order valence-corrected chi connectivity index (χ1v) is 9.97. The summed E-state index contributed by atoms with van der Waals surface area (Å²) in [6.07, 6.45) is 0. The zero-order chi connectivity index (χ0) is 24.3. The van der Waals surface area contributed by atoms with Gasteiger partial charge in [0.1, 0.15) is 17.1 Å². The van der Waals surface area contributed by atoms with Crippen LogP contribution in [0, 0.1) is 19.7 Å². The van der Waals surface area contributed by atoms with Gasteiger partial charge in [0.05, 0.1) is 28.9 Å². The first kappa shape index (κ1) is 23.6. The van der Waals surface area contributed by atoms with E-state index in [1.807, 2.05) is 0 Å². The summed E-state index contributed by atoms with van der Waals surface area (Å²) in [5, 5.41) is 2.86. The summed E-state index contributed by atoms with van der Waals surface area (Å²) in [6, 6.07) is 5.45. The van der Waals surface area contributed by atoms with Gasteiger partial charge in [-0.15, -0.1) is 0 Å². The van der Waals surface area contributed by atoms with Gasteiger partial charge in [-0.3, -0.25) is 19.9 Å². The number of halogens is 1. The number of benzene rings is 1. The molecule has 172 valence electrons. The highest BCUT2D eigenvalue weighted by Crippen LogP contribution is 2.28. The standard InChI is InChI=1S/C23H21FN2O7/c1-5-31-23(30)20-19(12(3)27)13(4)33-21(20)26-18(28)10-32-22(29)16-8-14-6-7-15(24)9-17(14)25-11(16)2/h6-9H,5,10H2,1-4H3,(H,26,28). The van der Waals surface area contributed by atoms with E-state index in [0.29, 0.717) is 16.6 Å². The van der Waals surface area contributed by atoms with Gasteiger partial charge in [0, 0.05) is 11.5 Å². The molecule has 0 saturated carbocycles. The minimum absolute atomic E-state index is 0.00459. The molecule has 3 aromatic rings. The van der Waals surface area contributed by atoms with Gasteiger partial charge in [-0.05, 0) is 45.9 Å². The van der Waals surface area contributed by atoms with Gasteiger partial charge in [-0.2, -0.15) is 0 Å². The predicted octanol–water partition coefficient (Wildman–Crippen LogP) is 3.76. The van der Waals surface area contributed by atoms with Gasteiger partial charge in [0.25, 0.3) is 5.91 Å². The van der Waals surface area contributed by atoms with Crippen molar-refractivity contribution in [3.63, 3.8) is 0 Å². The third-order valence-electron chi connectivity index (χ3n) is 4.69. The molecule has 2 heterocycles. The average Bonchev–Trinajstić information content (AvgIpc) is 3.07. The second kappa shape index (κ2) is 9.60. The fourth-order valence-electron chi connectivity index (χ4n) is 3.27. The molecule has 0 aliphatic carbocycles. The Morgan fingerprint density at radius 3 is 2.45 bits per heavy atom. The number of rotatable bonds is 7. The molecule has 0 spiro atoms. The second-order valence-electron chi connectivity index (χ2n) is 7.10. The number of carbonyl (C=O) groups is 4. The van der Waals surface area contributed by atoms with Crippen LogP contribution < -0.4 is 5.32 Å². The number of hydrogen-bond acceptors (Lipinski definition) is 8. The maximum atomic E-state index is 13.4. The van der Waals surface area contributed by atoms with Crippen LogP contribution in [0.25, 0.3) is 10.9 Å². The summed E-state index contributed by atoms with van der Waals surface area (Å²) >= 11 is 0. The number of Topliss-reactive ketones (excluding diaryl/α,β-unsaturated/α-hetero) is 1. The fourth-order valence-corrected chi connectivity index (χ4v) is 3.27. The van der Waals surface area contributed by atoms with Crippen LogP contribution in [0.1, 0.15) is 56.4 Å². The molecule has 0 aliphatic heterocycles. The molecule has 0 fully saturated rings. The average molecular weight is 456 g/mol. The molecule has 1 amide bonds. The van der Waals surface area contributed by atoms with Crippen molar-refractivity contribution in [1.29, 1.82) is 0 Å². The second-order valence-corrected chi connectivity index (χ2v) is 7.10. The number of nitrogens with one attached hydrogen (secondary N) is 1. The Hall–Kier alpha value is -4.08. The minimum Gasteiger partial charge on any atom is -0.462 e. The Morgan fingerprint density at radius 2 is 1.79 bits per heavy atom. The Morgan fingerprint density at radius 1 is 1.06 bits per heavy atom. The zero-order valence-corrected chi connectivity index (χ0v) is 18.4. The van der Waals surface area contributed by atoms with Crippen molar-refractivity contribution in [3.8, 4) is 0 Å². The topological polar surface area (TPSA) is 125 Å². The molecule has 9 nitrogen and oxygen atoms in total. The van der Waals surface area contributed by atoms with E-state index in [9.17, 15) is 23.6 Å². The van der Waals surface area contributed by atoms with Crippen LogP contribution in [0.5, 0.6) is 0 Å². The Labute approximate surface area is 187 Å². The normalized spacial score (nSPS) is 10.7. The van der Waals surface area contributed by atoms with Crippen LogP contribution in [0.3, 0.4) is 0 Å². The molecule has 0 unspecified atom stereocenters. The van der Waals surface area contributed by atoms with E-state index in [1.54, 1.807) is 13.8 Å². The number of hydrogen-bond donors (Lipinski definition) is 1. The summed E-state index contributed by atoms with van der Waals surface area (Å²) in [4.78, 5) is 53.3. The highest BCUT2D eigenvalue weighted by Gasteiger charge is 2.29. The van der Waals surface area contributed by atoms with Crippen LogP contribution >= 0.6 is 0 Å². The Kier molecular flexibility index (Phi) is 6.86. The van der Waals surface area contributed by atoms with Gasteiger partial charge in [-0.1, -0.05) is 0 Å². The number of nitrogens with zero attached hydrogens (tertiary/aromatic N) is 1. The van der Waals surface area contributed by atoms with Crippen LogP contribution in [0.15, 0.2) is 28.7 Å². The van der Waals surface area contributed by atoms with Gasteiger partial charge in [-0.25, -0.2) is 14.0 Å². The summed E-state index contributed by atoms with van der Waals surface area (Å²) in [6.45, 7) is 5.23. The van der Waals surface area contributed by atoms with Crippen LogP contribution in [-0.4, -0.2) is 41.8 Å². The van der Waals surface area contributed by atoms with Crippen molar-refractivity contribution in [2.45, 2.75) is 27.7 Å². The number of ether oxygens (including phenoxy) is 2. The maximum Gasteiger partial charge on any atom is 0.344 e. The molecule has 2 aromatic heterocycles. The number of ketones is 1. The largest absolute Gasteiger partial charge is 0.462 e. The number of anilines is 1. The summed E-state index contributed by atoms with van der Waals surface area (Å²) < 4.78 is 28.8. The first-order chi connectivity index (χ1) is 15.6. The van der Waals surface area contributed by atoms with Gasteiger partial charge in [0.2, 0.25) is 5.88 Å². The van der Waals surface area contributed by atoms with Gasteiger partial charge < -0.3 is 13.9 Å². The van der Waals surface area contributed by atoms with E-state index < -0.39 is 36.1 Å². The number of aromatic nitrogens is 1. The lowest BCUT2D eigenvalue weighted by Crippen LogP contribution is -2.22. The van der Waals surface area contributed by atoms with E-state index in [4.69, 9.17) is 13.9 Å². The van der Waals surface area contributed by atoms with E-state index >= 15 is 0 Å². The molecule has 0 radical (unpaired) electrons. The molecule has 0 aliphatic rings. The van der Waals surface area contributed by atoms with E-state index in [-0.39, 0.29) is 34.9 Å². The van der Waals surface area contributed by atoms with E-state index in [0.717, 1.165) is 0 Å². The number of aryl methyl sites for hydroxylation is 2. The zero-order valence-electron chi connectivity index (χ0n) is 18.4. The van der Waals surface area contributed by atoms with Crippen molar-refractivity contribution in [2.75, 3.05) is 18.5 Å². The molecular weight excluding hydrogens is 435 g/mol.